The van der Waals surface area contributed by atoms with E-state index in [4.69, 9.17) is 9.26 Å². The van der Waals surface area contributed by atoms with Crippen LogP contribution in [-0.2, 0) is 16.1 Å². The molecule has 2 aromatic rings. The maximum absolute atomic E-state index is 12.5. The summed E-state index contributed by atoms with van der Waals surface area (Å²) in [5, 5.41) is 8.60. The summed E-state index contributed by atoms with van der Waals surface area (Å²) >= 11 is 1.51. The predicted molar refractivity (Wildman–Crippen MR) is 95.4 cm³/mol. The minimum atomic E-state index is -0.595. The van der Waals surface area contributed by atoms with Crippen LogP contribution in [0.2, 0.25) is 0 Å². The van der Waals surface area contributed by atoms with Crippen molar-refractivity contribution in [2.75, 3.05) is 6.54 Å². The molecule has 1 aliphatic rings. The molecular weight excluding hydrogens is 356 g/mol. The number of carbonyl (C=O) groups excluding carboxylic acids is 2. The van der Waals surface area contributed by atoms with Crippen LogP contribution in [0.4, 0.5) is 4.79 Å². The Morgan fingerprint density at radius 2 is 2.27 bits per heavy atom. The predicted octanol–water partition coefficient (Wildman–Crippen LogP) is 2.81. The van der Waals surface area contributed by atoms with Crippen molar-refractivity contribution in [3.8, 4) is 10.7 Å². The summed E-state index contributed by atoms with van der Waals surface area (Å²) in [7, 11) is 0. The molecule has 1 atom stereocenters. The van der Waals surface area contributed by atoms with E-state index in [0.717, 1.165) is 11.3 Å². The molecule has 8 nitrogen and oxygen atoms in total. The van der Waals surface area contributed by atoms with E-state index in [9.17, 15) is 9.59 Å². The zero-order chi connectivity index (χ0) is 18.7. The lowest BCUT2D eigenvalue weighted by Crippen LogP contribution is -2.47. The largest absolute Gasteiger partial charge is 0.444 e. The number of rotatable bonds is 4. The zero-order valence-electron chi connectivity index (χ0n) is 15.0. The van der Waals surface area contributed by atoms with Gasteiger partial charge < -0.3 is 14.6 Å². The molecule has 0 radical (unpaired) electrons. The van der Waals surface area contributed by atoms with Gasteiger partial charge in [0.25, 0.3) is 0 Å². The number of hydrogen-bond donors (Lipinski definition) is 1. The van der Waals surface area contributed by atoms with Crippen molar-refractivity contribution in [1.82, 2.24) is 20.4 Å². The number of likely N-dealkylation sites (tertiary alicyclic amines) is 1. The Morgan fingerprint density at radius 1 is 1.46 bits per heavy atom. The van der Waals surface area contributed by atoms with Crippen LogP contribution in [0.3, 0.4) is 0 Å². The Balaban J connectivity index is 1.56. The lowest BCUT2D eigenvalue weighted by Gasteiger charge is -2.27. The van der Waals surface area contributed by atoms with Crippen molar-refractivity contribution in [2.24, 2.45) is 0 Å². The van der Waals surface area contributed by atoms with Crippen molar-refractivity contribution in [2.45, 2.75) is 51.8 Å². The Labute approximate surface area is 155 Å². The lowest BCUT2D eigenvalue weighted by atomic mass is 10.2. The Kier molecular flexibility index (Phi) is 5.26. The van der Waals surface area contributed by atoms with Gasteiger partial charge in [-0.15, -0.1) is 11.3 Å². The van der Waals surface area contributed by atoms with Gasteiger partial charge in [-0.05, 0) is 45.1 Å². The lowest BCUT2D eigenvalue weighted by molar-refractivity contribution is -0.125. The number of nitrogens with one attached hydrogen (secondary N) is 1. The summed E-state index contributed by atoms with van der Waals surface area (Å²) in [5.74, 6) is 0.577. The van der Waals surface area contributed by atoms with Gasteiger partial charge in [0.1, 0.15) is 11.6 Å². The quantitative estimate of drug-likeness (QED) is 0.878. The molecule has 3 rings (SSSR count). The molecule has 0 aromatic carbocycles. The summed E-state index contributed by atoms with van der Waals surface area (Å²) in [5.41, 5.74) is -0.595. The van der Waals surface area contributed by atoms with Gasteiger partial charge in [0.05, 0.1) is 11.4 Å². The molecule has 140 valence electrons. The summed E-state index contributed by atoms with van der Waals surface area (Å²) in [6.07, 6.45) is 0.906. The molecule has 2 aromatic heterocycles. The van der Waals surface area contributed by atoms with Crippen LogP contribution in [0.15, 0.2) is 22.0 Å². The van der Waals surface area contributed by atoms with Crippen molar-refractivity contribution in [3.63, 3.8) is 0 Å². The summed E-state index contributed by atoms with van der Waals surface area (Å²) in [6, 6.07) is 3.27. The maximum Gasteiger partial charge on any atom is 0.410 e. The van der Waals surface area contributed by atoms with Crippen LogP contribution >= 0.6 is 11.3 Å². The van der Waals surface area contributed by atoms with Crippen molar-refractivity contribution < 1.29 is 18.8 Å². The molecule has 0 bridgehead atoms. The zero-order valence-corrected chi connectivity index (χ0v) is 15.8. The fourth-order valence-electron chi connectivity index (χ4n) is 2.69. The van der Waals surface area contributed by atoms with E-state index in [1.807, 2.05) is 17.5 Å². The molecule has 1 unspecified atom stereocenters. The van der Waals surface area contributed by atoms with Crippen LogP contribution in [-0.4, -0.2) is 45.2 Å². The van der Waals surface area contributed by atoms with Crippen LogP contribution < -0.4 is 5.32 Å². The van der Waals surface area contributed by atoms with Crippen LogP contribution in [0.25, 0.3) is 10.7 Å². The minimum absolute atomic E-state index is 0.121. The monoisotopic (exact) mass is 378 g/mol. The number of thiophene rings is 1. The topological polar surface area (TPSA) is 97.6 Å². The molecule has 0 spiro atoms. The first-order valence-corrected chi connectivity index (χ1v) is 9.35. The Hall–Kier alpha value is -2.42. The van der Waals surface area contributed by atoms with E-state index < -0.39 is 17.7 Å². The fraction of sp³-hybridized carbons (Fsp3) is 0.529. The average molecular weight is 378 g/mol. The number of amides is 2. The van der Waals surface area contributed by atoms with Crippen LogP contribution in [0, 0.1) is 0 Å². The normalized spacial score (nSPS) is 17.3. The highest BCUT2D eigenvalue weighted by atomic mass is 32.1. The summed E-state index contributed by atoms with van der Waals surface area (Å²) in [6.45, 7) is 6.04. The first-order chi connectivity index (χ1) is 12.3. The molecular formula is C17H22N4O4S. The van der Waals surface area contributed by atoms with Gasteiger partial charge in [-0.1, -0.05) is 11.2 Å². The molecule has 2 amide bonds. The first-order valence-electron chi connectivity index (χ1n) is 8.47. The van der Waals surface area contributed by atoms with Crippen LogP contribution in [0.5, 0.6) is 0 Å². The molecule has 3 heterocycles. The SMILES string of the molecule is CC(C)(C)OC(=O)N1CCCC1C(=O)NCc1nc(-c2cccs2)no1. The molecule has 1 saturated heterocycles. The standard InChI is InChI=1S/C17H22N4O4S/c1-17(2,3)24-16(23)21-8-4-6-11(21)15(22)18-10-13-19-14(20-25-13)12-7-5-9-26-12/h5,7,9,11H,4,6,8,10H2,1-3H3,(H,18,22). The number of aromatic nitrogens is 2. The molecule has 9 heteroatoms. The number of carbonyl (C=O) groups is 2. The fourth-order valence-corrected chi connectivity index (χ4v) is 3.34. The number of ether oxygens (including phenoxy) is 1. The van der Waals surface area contributed by atoms with E-state index in [1.54, 1.807) is 20.8 Å². The third-order valence-corrected chi connectivity index (χ3v) is 4.67. The van der Waals surface area contributed by atoms with Gasteiger partial charge in [-0.25, -0.2) is 4.79 Å². The molecule has 26 heavy (non-hydrogen) atoms. The minimum Gasteiger partial charge on any atom is -0.444 e. The van der Waals surface area contributed by atoms with Gasteiger partial charge in [0, 0.05) is 6.54 Å². The second kappa shape index (κ2) is 7.45. The maximum atomic E-state index is 12.5. The van der Waals surface area contributed by atoms with Gasteiger partial charge in [0.15, 0.2) is 0 Å². The molecule has 0 aliphatic carbocycles. The third kappa shape index (κ3) is 4.40. The van der Waals surface area contributed by atoms with E-state index in [0.29, 0.717) is 24.7 Å². The number of nitrogens with zero attached hydrogens (tertiary/aromatic N) is 3. The highest BCUT2D eigenvalue weighted by Crippen LogP contribution is 2.22. The molecule has 1 fully saturated rings. The van der Waals surface area contributed by atoms with Gasteiger partial charge in [-0.2, -0.15) is 4.98 Å². The highest BCUT2D eigenvalue weighted by molar-refractivity contribution is 7.13. The Morgan fingerprint density at radius 3 is 2.96 bits per heavy atom. The van der Waals surface area contributed by atoms with E-state index >= 15 is 0 Å². The van der Waals surface area contributed by atoms with Crippen LogP contribution in [0.1, 0.15) is 39.5 Å². The third-order valence-electron chi connectivity index (χ3n) is 3.81. The van der Waals surface area contributed by atoms with Crippen molar-refractivity contribution >= 4 is 23.3 Å². The van der Waals surface area contributed by atoms with E-state index in [-0.39, 0.29) is 12.5 Å². The van der Waals surface area contributed by atoms with E-state index in [1.165, 1.54) is 16.2 Å². The molecule has 1 aliphatic heterocycles. The summed E-state index contributed by atoms with van der Waals surface area (Å²) in [4.78, 5) is 31.4. The van der Waals surface area contributed by atoms with Crippen molar-refractivity contribution in [1.29, 1.82) is 0 Å². The summed E-state index contributed by atoms with van der Waals surface area (Å²) < 4.78 is 10.5. The highest BCUT2D eigenvalue weighted by Gasteiger charge is 2.36. The number of hydrogen-bond acceptors (Lipinski definition) is 7. The van der Waals surface area contributed by atoms with Crippen molar-refractivity contribution in [3.05, 3.63) is 23.4 Å². The van der Waals surface area contributed by atoms with E-state index in [2.05, 4.69) is 15.5 Å². The average Bonchev–Trinajstić information content (AvgIpc) is 3.30. The van der Waals surface area contributed by atoms with Gasteiger partial charge >= 0.3 is 6.09 Å². The first kappa shape index (κ1) is 18.4. The second-order valence-electron chi connectivity index (χ2n) is 7.04. The molecule has 0 saturated carbocycles. The molecule has 1 N–H and O–H groups in total. The second-order valence-corrected chi connectivity index (χ2v) is 7.99. The Bertz CT molecular complexity index is 766. The van der Waals surface area contributed by atoms with Gasteiger partial charge in [0.2, 0.25) is 17.6 Å². The smallest absolute Gasteiger partial charge is 0.410 e. The van der Waals surface area contributed by atoms with Gasteiger partial charge in [-0.3, -0.25) is 9.69 Å².